The van der Waals surface area contributed by atoms with Crippen molar-refractivity contribution >= 4 is 0 Å². The minimum Gasteiger partial charge on any atom is -0.494 e. The molecule has 1 rings (SSSR count). The van der Waals surface area contributed by atoms with Crippen LogP contribution >= 0.6 is 0 Å². The number of hydrogen-bond donors (Lipinski definition) is 2. The summed E-state index contributed by atoms with van der Waals surface area (Å²) in [5.74, 6) is 2.02. The average molecular weight is 350 g/mol. The molecule has 0 amide bonds. The molecule has 0 saturated heterocycles. The van der Waals surface area contributed by atoms with Gasteiger partial charge in [-0.2, -0.15) is 0 Å². The van der Waals surface area contributed by atoms with Crippen LogP contribution in [0, 0.1) is 11.8 Å². The summed E-state index contributed by atoms with van der Waals surface area (Å²) in [6.45, 7) is 9.53. The van der Waals surface area contributed by atoms with Crippen LogP contribution in [-0.2, 0) is 6.42 Å². The zero-order valence-electron chi connectivity index (χ0n) is 16.8. The summed E-state index contributed by atoms with van der Waals surface area (Å²) in [6.07, 6.45) is 8.02. The molecule has 0 fully saturated rings. The first-order chi connectivity index (χ1) is 11.9. The zero-order chi connectivity index (χ0) is 18.7. The maximum Gasteiger partial charge on any atom is 0.119 e. The first-order valence-electron chi connectivity index (χ1n) is 9.99. The molecular weight excluding hydrogens is 310 g/mol. The number of hydrogen-bond acceptors (Lipinski definition) is 3. The van der Waals surface area contributed by atoms with Crippen LogP contribution in [0.25, 0.3) is 0 Å². The SMILES string of the molecule is CC(C)CCCCCCOc1ccc(CCC(N)(CO)C(C)C)cc1. The Bertz CT molecular complexity index is 456. The molecule has 144 valence electrons. The van der Waals surface area contributed by atoms with Gasteiger partial charge in [0.2, 0.25) is 0 Å². The number of benzene rings is 1. The maximum atomic E-state index is 9.53. The lowest BCUT2D eigenvalue weighted by atomic mass is 9.83. The Morgan fingerprint density at radius 2 is 1.64 bits per heavy atom. The van der Waals surface area contributed by atoms with Crippen molar-refractivity contribution in [3.05, 3.63) is 29.8 Å². The van der Waals surface area contributed by atoms with Crippen LogP contribution in [-0.4, -0.2) is 23.9 Å². The number of rotatable bonds is 13. The number of ether oxygens (including phenoxy) is 1. The summed E-state index contributed by atoms with van der Waals surface area (Å²) in [5, 5.41) is 9.53. The molecule has 0 saturated carbocycles. The third-order valence-electron chi connectivity index (χ3n) is 5.19. The van der Waals surface area contributed by atoms with Crippen LogP contribution in [0.3, 0.4) is 0 Å². The number of aliphatic hydroxyl groups excluding tert-OH is 1. The fraction of sp³-hybridized carbons (Fsp3) is 0.727. The second kappa shape index (κ2) is 11.5. The summed E-state index contributed by atoms with van der Waals surface area (Å²) in [6, 6.07) is 8.30. The predicted molar refractivity (Wildman–Crippen MR) is 107 cm³/mol. The zero-order valence-corrected chi connectivity index (χ0v) is 16.8. The lowest BCUT2D eigenvalue weighted by Crippen LogP contribution is -2.48. The summed E-state index contributed by atoms with van der Waals surface area (Å²) in [4.78, 5) is 0. The van der Waals surface area contributed by atoms with E-state index in [1.807, 2.05) is 12.1 Å². The van der Waals surface area contributed by atoms with Gasteiger partial charge < -0.3 is 15.6 Å². The average Bonchev–Trinajstić information content (AvgIpc) is 2.59. The molecule has 0 bridgehead atoms. The Hall–Kier alpha value is -1.06. The lowest BCUT2D eigenvalue weighted by Gasteiger charge is -2.31. The molecule has 0 aliphatic heterocycles. The van der Waals surface area contributed by atoms with Crippen LogP contribution < -0.4 is 10.5 Å². The van der Waals surface area contributed by atoms with E-state index < -0.39 is 5.54 Å². The molecule has 3 nitrogen and oxygen atoms in total. The molecular formula is C22H39NO2. The standard InChI is InChI=1S/C22H39NO2/c1-18(2)9-7-5-6-8-16-25-21-12-10-20(11-13-21)14-15-22(23,17-24)19(3)4/h10-13,18-19,24H,5-9,14-17,23H2,1-4H3. The van der Waals surface area contributed by atoms with Gasteiger partial charge in [0.25, 0.3) is 0 Å². The lowest BCUT2D eigenvalue weighted by molar-refractivity contribution is 0.146. The molecule has 0 radical (unpaired) electrons. The molecule has 1 aromatic carbocycles. The number of unbranched alkanes of at least 4 members (excludes halogenated alkanes) is 3. The fourth-order valence-corrected chi connectivity index (χ4v) is 2.88. The topological polar surface area (TPSA) is 55.5 Å². The highest BCUT2D eigenvalue weighted by Crippen LogP contribution is 2.21. The fourth-order valence-electron chi connectivity index (χ4n) is 2.88. The van der Waals surface area contributed by atoms with Gasteiger partial charge in [-0.25, -0.2) is 0 Å². The monoisotopic (exact) mass is 349 g/mol. The second-order valence-corrected chi connectivity index (χ2v) is 8.14. The van der Waals surface area contributed by atoms with E-state index in [0.717, 1.165) is 37.5 Å². The molecule has 0 heterocycles. The molecule has 1 atom stereocenters. The van der Waals surface area contributed by atoms with Gasteiger partial charge in [0.05, 0.1) is 13.2 Å². The third-order valence-corrected chi connectivity index (χ3v) is 5.19. The molecule has 0 aliphatic carbocycles. The Balaban J connectivity index is 2.25. The molecule has 1 aromatic rings. The van der Waals surface area contributed by atoms with Crippen molar-refractivity contribution in [3.63, 3.8) is 0 Å². The Morgan fingerprint density at radius 1 is 1.00 bits per heavy atom. The van der Waals surface area contributed by atoms with Gasteiger partial charge in [0.1, 0.15) is 5.75 Å². The van der Waals surface area contributed by atoms with Crippen LogP contribution in [0.2, 0.25) is 0 Å². The van der Waals surface area contributed by atoms with Gasteiger partial charge in [-0.1, -0.05) is 65.5 Å². The number of aryl methyl sites for hydroxylation is 1. The van der Waals surface area contributed by atoms with Crippen molar-refractivity contribution in [2.75, 3.05) is 13.2 Å². The van der Waals surface area contributed by atoms with Gasteiger partial charge in [-0.05, 0) is 48.8 Å². The smallest absolute Gasteiger partial charge is 0.119 e. The predicted octanol–water partition coefficient (Wildman–Crippen LogP) is 4.95. The van der Waals surface area contributed by atoms with E-state index in [1.165, 1.54) is 31.2 Å². The molecule has 3 heteroatoms. The van der Waals surface area contributed by atoms with Crippen molar-refractivity contribution in [3.8, 4) is 5.75 Å². The van der Waals surface area contributed by atoms with Crippen molar-refractivity contribution in [2.45, 2.75) is 78.2 Å². The van der Waals surface area contributed by atoms with Crippen molar-refractivity contribution in [1.82, 2.24) is 0 Å². The van der Waals surface area contributed by atoms with E-state index >= 15 is 0 Å². The highest BCUT2D eigenvalue weighted by Gasteiger charge is 2.27. The highest BCUT2D eigenvalue weighted by molar-refractivity contribution is 5.27. The van der Waals surface area contributed by atoms with Crippen molar-refractivity contribution in [1.29, 1.82) is 0 Å². The summed E-state index contributed by atoms with van der Waals surface area (Å²) >= 11 is 0. The minimum absolute atomic E-state index is 0.0308. The number of aliphatic hydroxyl groups is 1. The van der Waals surface area contributed by atoms with Gasteiger partial charge >= 0.3 is 0 Å². The van der Waals surface area contributed by atoms with E-state index in [0.29, 0.717) is 0 Å². The normalized spacial score (nSPS) is 14.1. The molecule has 1 unspecified atom stereocenters. The van der Waals surface area contributed by atoms with E-state index in [-0.39, 0.29) is 12.5 Å². The molecule has 3 N–H and O–H groups in total. The molecule has 0 aromatic heterocycles. The van der Waals surface area contributed by atoms with Gasteiger partial charge in [0, 0.05) is 5.54 Å². The molecule has 25 heavy (non-hydrogen) atoms. The first-order valence-corrected chi connectivity index (χ1v) is 9.99. The van der Waals surface area contributed by atoms with E-state index in [4.69, 9.17) is 10.5 Å². The van der Waals surface area contributed by atoms with Crippen molar-refractivity contribution in [2.24, 2.45) is 17.6 Å². The van der Waals surface area contributed by atoms with Crippen LogP contribution in [0.4, 0.5) is 0 Å². The van der Waals surface area contributed by atoms with Gasteiger partial charge in [-0.15, -0.1) is 0 Å². The van der Waals surface area contributed by atoms with Crippen LogP contribution in [0.15, 0.2) is 24.3 Å². The van der Waals surface area contributed by atoms with E-state index in [9.17, 15) is 5.11 Å². The van der Waals surface area contributed by atoms with Crippen molar-refractivity contribution < 1.29 is 9.84 Å². The third kappa shape index (κ3) is 8.73. The van der Waals surface area contributed by atoms with Gasteiger partial charge in [0.15, 0.2) is 0 Å². The largest absolute Gasteiger partial charge is 0.494 e. The Morgan fingerprint density at radius 3 is 2.20 bits per heavy atom. The van der Waals surface area contributed by atoms with Gasteiger partial charge in [-0.3, -0.25) is 0 Å². The Kier molecular flexibility index (Phi) is 10.1. The molecule has 0 spiro atoms. The summed E-state index contributed by atoms with van der Waals surface area (Å²) < 4.78 is 5.83. The number of nitrogens with two attached hydrogens (primary N) is 1. The maximum absolute atomic E-state index is 9.53. The molecule has 0 aliphatic rings. The highest BCUT2D eigenvalue weighted by atomic mass is 16.5. The quantitative estimate of drug-likeness (QED) is 0.495. The first kappa shape index (κ1) is 22.0. The van der Waals surface area contributed by atoms with Crippen LogP contribution in [0.1, 0.15) is 71.8 Å². The second-order valence-electron chi connectivity index (χ2n) is 8.14. The summed E-state index contributed by atoms with van der Waals surface area (Å²) in [7, 11) is 0. The van der Waals surface area contributed by atoms with Crippen LogP contribution in [0.5, 0.6) is 5.75 Å². The summed E-state index contributed by atoms with van der Waals surface area (Å²) in [5.41, 5.74) is 7.02. The minimum atomic E-state index is -0.495. The van der Waals surface area contributed by atoms with E-state index in [2.05, 4.69) is 39.8 Å². The van der Waals surface area contributed by atoms with E-state index in [1.54, 1.807) is 0 Å². The Labute approximate surface area is 155 Å².